The van der Waals surface area contributed by atoms with Crippen molar-refractivity contribution < 1.29 is 9.53 Å². The minimum Gasteiger partial charge on any atom is -0.466 e. The molecular formula is C20H21N5O4. The molecule has 0 unspecified atom stereocenters. The molecule has 0 aliphatic carbocycles. The van der Waals surface area contributed by atoms with Gasteiger partial charge in [-0.2, -0.15) is 4.98 Å². The smallest absolute Gasteiger partial charge is 0.332 e. The van der Waals surface area contributed by atoms with E-state index in [9.17, 15) is 14.4 Å². The summed E-state index contributed by atoms with van der Waals surface area (Å²) >= 11 is 0. The molecule has 0 aliphatic heterocycles. The van der Waals surface area contributed by atoms with Crippen LogP contribution in [0.2, 0.25) is 0 Å². The Kier molecular flexibility index (Phi) is 4.57. The SMILES string of the molecule is CCOC(=O)CCn1c(=O)c2c(nc3n(-c4ccccc4)c(C)cn23)n(C)c1=O. The van der Waals surface area contributed by atoms with E-state index in [0.29, 0.717) is 16.9 Å². The number of nitrogens with zero attached hydrogens (tertiary/aromatic N) is 5. The van der Waals surface area contributed by atoms with Crippen LogP contribution >= 0.6 is 0 Å². The summed E-state index contributed by atoms with van der Waals surface area (Å²) in [6.45, 7) is 3.83. The molecule has 0 radical (unpaired) electrons. The summed E-state index contributed by atoms with van der Waals surface area (Å²) in [5, 5.41) is 0. The van der Waals surface area contributed by atoms with Crippen molar-refractivity contribution in [2.75, 3.05) is 6.61 Å². The molecule has 3 aromatic heterocycles. The second-order valence-electron chi connectivity index (χ2n) is 6.75. The Morgan fingerprint density at radius 1 is 1.17 bits per heavy atom. The summed E-state index contributed by atoms with van der Waals surface area (Å²) in [4.78, 5) is 42.1. The van der Waals surface area contributed by atoms with Gasteiger partial charge in [0.2, 0.25) is 5.78 Å². The van der Waals surface area contributed by atoms with Crippen LogP contribution in [0.4, 0.5) is 0 Å². The normalized spacial score (nSPS) is 11.4. The number of ether oxygens (including phenoxy) is 1. The predicted molar refractivity (Wildman–Crippen MR) is 108 cm³/mol. The molecule has 0 atom stereocenters. The van der Waals surface area contributed by atoms with E-state index in [0.717, 1.165) is 15.9 Å². The Bertz CT molecular complexity index is 1340. The van der Waals surface area contributed by atoms with Gasteiger partial charge in [-0.05, 0) is 26.0 Å². The lowest BCUT2D eigenvalue weighted by Gasteiger charge is -2.07. The third kappa shape index (κ3) is 2.95. The second kappa shape index (κ2) is 7.08. The lowest BCUT2D eigenvalue weighted by atomic mass is 10.3. The van der Waals surface area contributed by atoms with Gasteiger partial charge in [0.25, 0.3) is 5.56 Å². The van der Waals surface area contributed by atoms with Gasteiger partial charge in [-0.25, -0.2) is 4.79 Å². The van der Waals surface area contributed by atoms with Gasteiger partial charge in [0.1, 0.15) is 0 Å². The maximum atomic E-state index is 13.1. The first kappa shape index (κ1) is 18.7. The molecule has 0 saturated heterocycles. The van der Waals surface area contributed by atoms with Crippen molar-refractivity contribution >= 4 is 22.9 Å². The molecule has 0 N–H and O–H groups in total. The number of aryl methyl sites for hydroxylation is 2. The number of rotatable bonds is 5. The van der Waals surface area contributed by atoms with Crippen molar-refractivity contribution in [1.29, 1.82) is 0 Å². The number of carbonyl (C=O) groups excluding carboxylic acids is 1. The van der Waals surface area contributed by atoms with Gasteiger partial charge >= 0.3 is 11.7 Å². The monoisotopic (exact) mass is 395 g/mol. The number of imidazole rings is 2. The fraction of sp³-hybridized carbons (Fsp3) is 0.300. The van der Waals surface area contributed by atoms with Gasteiger partial charge in [-0.3, -0.25) is 27.7 Å². The van der Waals surface area contributed by atoms with Crippen LogP contribution in [0, 0.1) is 6.92 Å². The predicted octanol–water partition coefficient (Wildman–Crippen LogP) is 1.40. The first-order valence-corrected chi connectivity index (χ1v) is 9.35. The van der Waals surface area contributed by atoms with Crippen molar-refractivity contribution in [3.63, 3.8) is 0 Å². The average Bonchev–Trinajstić information content (AvgIpc) is 3.21. The Morgan fingerprint density at radius 2 is 1.90 bits per heavy atom. The quantitative estimate of drug-likeness (QED) is 0.476. The molecule has 4 aromatic rings. The number of para-hydroxylation sites is 1. The maximum Gasteiger partial charge on any atom is 0.332 e. The molecule has 0 bridgehead atoms. The molecule has 1 aromatic carbocycles. The number of fused-ring (bicyclic) bond motifs is 3. The van der Waals surface area contributed by atoms with Gasteiger partial charge in [-0.15, -0.1) is 0 Å². The summed E-state index contributed by atoms with van der Waals surface area (Å²) in [6.07, 6.45) is 1.76. The molecule has 3 heterocycles. The van der Waals surface area contributed by atoms with Crippen LogP contribution < -0.4 is 11.2 Å². The summed E-state index contributed by atoms with van der Waals surface area (Å²) in [5.41, 5.74) is 1.39. The summed E-state index contributed by atoms with van der Waals surface area (Å²) in [6, 6.07) is 9.66. The van der Waals surface area contributed by atoms with Crippen LogP contribution in [0.25, 0.3) is 22.6 Å². The van der Waals surface area contributed by atoms with E-state index < -0.39 is 17.2 Å². The van der Waals surface area contributed by atoms with Crippen LogP contribution in [-0.2, 0) is 23.1 Å². The molecular weight excluding hydrogens is 374 g/mol. The molecule has 9 heteroatoms. The number of esters is 1. The highest BCUT2D eigenvalue weighted by molar-refractivity contribution is 5.76. The Labute approximate surface area is 165 Å². The van der Waals surface area contributed by atoms with Crippen LogP contribution in [0.3, 0.4) is 0 Å². The van der Waals surface area contributed by atoms with Crippen LogP contribution in [0.1, 0.15) is 19.0 Å². The third-order valence-electron chi connectivity index (χ3n) is 4.89. The Hall–Kier alpha value is -3.62. The van der Waals surface area contributed by atoms with Crippen molar-refractivity contribution in [3.8, 4) is 5.69 Å². The standard InChI is InChI=1S/C20H21N5O4/c1-4-29-15(26)10-11-23-18(27)16-17(22(3)20(23)28)21-19-24(16)12-13(2)25(19)14-8-6-5-7-9-14/h5-9,12H,4,10-11H2,1-3H3. The van der Waals surface area contributed by atoms with Gasteiger partial charge in [-0.1, -0.05) is 18.2 Å². The highest BCUT2D eigenvalue weighted by Gasteiger charge is 2.21. The molecule has 0 saturated carbocycles. The maximum absolute atomic E-state index is 13.1. The molecule has 29 heavy (non-hydrogen) atoms. The summed E-state index contributed by atoms with van der Waals surface area (Å²) in [7, 11) is 1.57. The van der Waals surface area contributed by atoms with E-state index in [-0.39, 0.29) is 19.6 Å². The third-order valence-corrected chi connectivity index (χ3v) is 4.89. The molecule has 9 nitrogen and oxygen atoms in total. The summed E-state index contributed by atoms with van der Waals surface area (Å²) in [5.74, 6) is 0.0880. The first-order valence-electron chi connectivity index (χ1n) is 9.35. The Morgan fingerprint density at radius 3 is 2.59 bits per heavy atom. The first-order chi connectivity index (χ1) is 13.9. The second-order valence-corrected chi connectivity index (χ2v) is 6.75. The topological polar surface area (TPSA) is 92.5 Å². The largest absolute Gasteiger partial charge is 0.466 e. The van der Waals surface area contributed by atoms with E-state index >= 15 is 0 Å². The lowest BCUT2D eigenvalue weighted by molar-refractivity contribution is -0.143. The van der Waals surface area contributed by atoms with Crippen LogP contribution in [0.5, 0.6) is 0 Å². The molecule has 0 amide bonds. The van der Waals surface area contributed by atoms with E-state index in [2.05, 4.69) is 4.98 Å². The van der Waals surface area contributed by atoms with E-state index in [1.807, 2.05) is 48.0 Å². The zero-order chi connectivity index (χ0) is 20.7. The van der Waals surface area contributed by atoms with Crippen molar-refractivity contribution in [2.45, 2.75) is 26.8 Å². The molecule has 4 rings (SSSR count). The van der Waals surface area contributed by atoms with Crippen molar-refractivity contribution in [2.24, 2.45) is 7.05 Å². The zero-order valence-corrected chi connectivity index (χ0v) is 16.5. The zero-order valence-electron chi connectivity index (χ0n) is 16.5. The van der Waals surface area contributed by atoms with E-state index in [1.165, 1.54) is 4.57 Å². The molecule has 0 fully saturated rings. The molecule has 150 valence electrons. The van der Waals surface area contributed by atoms with Crippen molar-refractivity contribution in [3.05, 3.63) is 63.1 Å². The number of aromatic nitrogens is 5. The van der Waals surface area contributed by atoms with E-state index in [1.54, 1.807) is 18.4 Å². The fourth-order valence-corrected chi connectivity index (χ4v) is 3.54. The van der Waals surface area contributed by atoms with Crippen molar-refractivity contribution in [1.82, 2.24) is 23.1 Å². The van der Waals surface area contributed by atoms with E-state index in [4.69, 9.17) is 4.74 Å². The minimum absolute atomic E-state index is 0.0497. The van der Waals surface area contributed by atoms with Crippen LogP contribution in [0.15, 0.2) is 46.1 Å². The van der Waals surface area contributed by atoms with Gasteiger partial charge in [0.15, 0.2) is 11.2 Å². The summed E-state index contributed by atoms with van der Waals surface area (Å²) < 4.78 is 10.9. The van der Waals surface area contributed by atoms with Gasteiger partial charge < -0.3 is 4.74 Å². The highest BCUT2D eigenvalue weighted by Crippen LogP contribution is 2.20. The molecule has 0 aliphatic rings. The minimum atomic E-state index is -0.518. The lowest BCUT2D eigenvalue weighted by Crippen LogP contribution is -2.39. The van der Waals surface area contributed by atoms with Gasteiger partial charge in [0.05, 0.1) is 13.0 Å². The van der Waals surface area contributed by atoms with Gasteiger partial charge in [0, 0.05) is 31.2 Å². The number of hydrogen-bond donors (Lipinski definition) is 0. The molecule has 0 spiro atoms. The number of benzene rings is 1. The average molecular weight is 395 g/mol. The fourth-order valence-electron chi connectivity index (χ4n) is 3.54. The number of carbonyl (C=O) groups is 1. The van der Waals surface area contributed by atoms with Crippen LogP contribution in [-0.4, -0.2) is 35.7 Å². The highest BCUT2D eigenvalue weighted by atomic mass is 16.5. The number of hydrogen-bond acceptors (Lipinski definition) is 5. The Balaban J connectivity index is 1.94.